The molecular formula is C12H24N4O2. The predicted octanol–water partition coefficient (Wildman–Crippen LogP) is 1.29. The van der Waals surface area contributed by atoms with Gasteiger partial charge in [0.25, 0.3) is 0 Å². The predicted molar refractivity (Wildman–Crippen MR) is 70.6 cm³/mol. The Kier molecular flexibility index (Phi) is 6.67. The lowest BCUT2D eigenvalue weighted by molar-refractivity contribution is 0.154. The molecule has 0 saturated carbocycles. The first kappa shape index (κ1) is 14.9. The SMILES string of the molecule is CCOCCN(C)c1nnc(CNCC(C)C)o1. The molecule has 0 spiro atoms. The second-order valence-electron chi connectivity index (χ2n) is 4.62. The summed E-state index contributed by atoms with van der Waals surface area (Å²) < 4.78 is 10.8. The number of hydrogen-bond acceptors (Lipinski definition) is 6. The first-order valence-electron chi connectivity index (χ1n) is 6.45. The summed E-state index contributed by atoms with van der Waals surface area (Å²) in [5, 5.41) is 11.3. The van der Waals surface area contributed by atoms with Crippen molar-refractivity contribution in [2.75, 3.05) is 38.3 Å². The van der Waals surface area contributed by atoms with Crippen molar-refractivity contribution in [3.8, 4) is 0 Å². The van der Waals surface area contributed by atoms with Crippen LogP contribution < -0.4 is 10.2 Å². The van der Waals surface area contributed by atoms with Gasteiger partial charge < -0.3 is 19.4 Å². The van der Waals surface area contributed by atoms with Crippen LogP contribution in [0.25, 0.3) is 0 Å². The van der Waals surface area contributed by atoms with E-state index in [1.165, 1.54) is 0 Å². The largest absolute Gasteiger partial charge is 0.407 e. The number of nitrogens with one attached hydrogen (secondary N) is 1. The van der Waals surface area contributed by atoms with E-state index in [0.717, 1.165) is 19.7 Å². The lowest BCUT2D eigenvalue weighted by Gasteiger charge is -2.13. The van der Waals surface area contributed by atoms with Crippen LogP contribution in [0.5, 0.6) is 0 Å². The molecule has 0 aliphatic carbocycles. The standard InChI is InChI=1S/C12H24N4O2/c1-5-17-7-6-16(4)12-15-14-11(18-12)9-13-8-10(2)3/h10,13H,5-9H2,1-4H3. The summed E-state index contributed by atoms with van der Waals surface area (Å²) in [6, 6.07) is 0.538. The normalized spacial score (nSPS) is 11.2. The molecule has 0 aliphatic rings. The smallest absolute Gasteiger partial charge is 0.318 e. The third-order valence-corrected chi connectivity index (χ3v) is 2.39. The number of hydrogen-bond donors (Lipinski definition) is 1. The zero-order valence-electron chi connectivity index (χ0n) is 11.8. The lowest BCUT2D eigenvalue weighted by atomic mass is 10.2. The van der Waals surface area contributed by atoms with Gasteiger partial charge in [-0.05, 0) is 19.4 Å². The quantitative estimate of drug-likeness (QED) is 0.672. The van der Waals surface area contributed by atoms with E-state index in [0.29, 0.717) is 31.0 Å². The van der Waals surface area contributed by atoms with Crippen molar-refractivity contribution in [3.05, 3.63) is 5.89 Å². The van der Waals surface area contributed by atoms with Crippen molar-refractivity contribution in [1.82, 2.24) is 15.5 Å². The lowest BCUT2D eigenvalue weighted by Crippen LogP contribution is -2.22. The molecule has 0 aliphatic heterocycles. The maximum atomic E-state index is 5.54. The van der Waals surface area contributed by atoms with Crippen LogP contribution in [0, 0.1) is 5.92 Å². The summed E-state index contributed by atoms with van der Waals surface area (Å²) in [4.78, 5) is 1.90. The third-order valence-electron chi connectivity index (χ3n) is 2.39. The first-order valence-corrected chi connectivity index (χ1v) is 6.45. The summed E-state index contributed by atoms with van der Waals surface area (Å²) >= 11 is 0. The molecule has 0 fully saturated rings. The first-order chi connectivity index (χ1) is 8.63. The fourth-order valence-corrected chi connectivity index (χ4v) is 1.38. The minimum atomic E-state index is 0.538. The molecule has 1 rings (SSSR count). The van der Waals surface area contributed by atoms with E-state index in [1.807, 2.05) is 18.9 Å². The van der Waals surface area contributed by atoms with Crippen LogP contribution in [0.3, 0.4) is 0 Å². The van der Waals surface area contributed by atoms with Crippen LogP contribution in [-0.4, -0.2) is 43.5 Å². The zero-order valence-corrected chi connectivity index (χ0v) is 11.8. The Hall–Kier alpha value is -1.14. The van der Waals surface area contributed by atoms with Gasteiger partial charge in [-0.15, -0.1) is 5.10 Å². The summed E-state index contributed by atoms with van der Waals surface area (Å²) in [5.41, 5.74) is 0. The van der Waals surface area contributed by atoms with Crippen LogP contribution in [0.2, 0.25) is 0 Å². The van der Waals surface area contributed by atoms with Crippen molar-refractivity contribution in [3.63, 3.8) is 0 Å². The Labute approximate surface area is 109 Å². The fraction of sp³-hybridized carbons (Fsp3) is 0.833. The third kappa shape index (κ3) is 5.46. The Morgan fingerprint density at radius 2 is 2.17 bits per heavy atom. The van der Waals surface area contributed by atoms with Crippen LogP contribution >= 0.6 is 0 Å². The maximum Gasteiger partial charge on any atom is 0.318 e. The van der Waals surface area contributed by atoms with Gasteiger partial charge in [-0.25, -0.2) is 0 Å². The molecule has 0 bridgehead atoms. The van der Waals surface area contributed by atoms with E-state index in [1.54, 1.807) is 0 Å². The van der Waals surface area contributed by atoms with E-state index in [2.05, 4.69) is 29.4 Å². The van der Waals surface area contributed by atoms with E-state index < -0.39 is 0 Å². The molecule has 0 radical (unpaired) electrons. The Balaban J connectivity index is 2.32. The highest BCUT2D eigenvalue weighted by molar-refractivity contribution is 5.21. The molecule has 6 nitrogen and oxygen atoms in total. The average Bonchev–Trinajstić information content (AvgIpc) is 2.77. The molecule has 0 saturated heterocycles. The number of aromatic nitrogens is 2. The van der Waals surface area contributed by atoms with E-state index in [4.69, 9.17) is 9.15 Å². The summed E-state index contributed by atoms with van der Waals surface area (Å²) in [7, 11) is 1.91. The number of likely N-dealkylation sites (N-methyl/N-ethyl adjacent to an activating group) is 1. The van der Waals surface area contributed by atoms with Gasteiger partial charge >= 0.3 is 6.01 Å². The van der Waals surface area contributed by atoms with Gasteiger partial charge in [-0.2, -0.15) is 0 Å². The molecule has 1 aromatic rings. The molecule has 0 aromatic carbocycles. The maximum absolute atomic E-state index is 5.54. The molecule has 18 heavy (non-hydrogen) atoms. The molecule has 1 N–H and O–H groups in total. The Bertz CT molecular complexity index is 328. The highest BCUT2D eigenvalue weighted by Crippen LogP contribution is 2.09. The second kappa shape index (κ2) is 8.05. The Morgan fingerprint density at radius 1 is 1.39 bits per heavy atom. The van der Waals surface area contributed by atoms with E-state index in [9.17, 15) is 0 Å². The van der Waals surface area contributed by atoms with Crippen LogP contribution in [-0.2, 0) is 11.3 Å². The topological polar surface area (TPSA) is 63.4 Å². The van der Waals surface area contributed by atoms with Crippen molar-refractivity contribution in [2.24, 2.45) is 5.92 Å². The zero-order chi connectivity index (χ0) is 13.4. The summed E-state index contributed by atoms with van der Waals surface area (Å²) in [5.74, 6) is 1.23. The molecule has 0 amide bonds. The minimum absolute atomic E-state index is 0.538. The van der Waals surface area contributed by atoms with Crippen LogP contribution in [0.15, 0.2) is 4.42 Å². The summed E-state index contributed by atoms with van der Waals surface area (Å²) in [6.07, 6.45) is 0. The molecule has 104 valence electrons. The van der Waals surface area contributed by atoms with E-state index >= 15 is 0 Å². The van der Waals surface area contributed by atoms with Crippen LogP contribution in [0.1, 0.15) is 26.7 Å². The number of nitrogens with zero attached hydrogens (tertiary/aromatic N) is 3. The Morgan fingerprint density at radius 3 is 2.83 bits per heavy atom. The number of ether oxygens (including phenoxy) is 1. The fourth-order valence-electron chi connectivity index (χ4n) is 1.38. The second-order valence-corrected chi connectivity index (χ2v) is 4.62. The molecule has 1 heterocycles. The van der Waals surface area contributed by atoms with Crippen molar-refractivity contribution in [2.45, 2.75) is 27.3 Å². The van der Waals surface area contributed by atoms with Gasteiger partial charge in [0.1, 0.15) is 0 Å². The number of rotatable bonds is 9. The number of anilines is 1. The van der Waals surface area contributed by atoms with Crippen molar-refractivity contribution >= 4 is 6.01 Å². The van der Waals surface area contributed by atoms with Crippen molar-refractivity contribution in [1.29, 1.82) is 0 Å². The van der Waals surface area contributed by atoms with Gasteiger partial charge in [0, 0.05) is 20.2 Å². The molecular weight excluding hydrogens is 232 g/mol. The van der Waals surface area contributed by atoms with Crippen LogP contribution in [0.4, 0.5) is 6.01 Å². The molecule has 6 heteroatoms. The molecule has 1 aromatic heterocycles. The van der Waals surface area contributed by atoms with Gasteiger partial charge in [0.2, 0.25) is 5.89 Å². The molecule has 0 unspecified atom stereocenters. The van der Waals surface area contributed by atoms with E-state index in [-0.39, 0.29) is 0 Å². The highest BCUT2D eigenvalue weighted by atomic mass is 16.5. The molecule has 0 atom stereocenters. The van der Waals surface area contributed by atoms with Crippen molar-refractivity contribution < 1.29 is 9.15 Å². The van der Waals surface area contributed by atoms with Gasteiger partial charge in [0.05, 0.1) is 13.2 Å². The van der Waals surface area contributed by atoms with Gasteiger partial charge in [-0.3, -0.25) is 0 Å². The average molecular weight is 256 g/mol. The minimum Gasteiger partial charge on any atom is -0.407 e. The summed E-state index contributed by atoms with van der Waals surface area (Å²) in [6.45, 7) is 9.99. The highest BCUT2D eigenvalue weighted by Gasteiger charge is 2.10. The van der Waals surface area contributed by atoms with Gasteiger partial charge in [-0.1, -0.05) is 18.9 Å². The van der Waals surface area contributed by atoms with Gasteiger partial charge in [0.15, 0.2) is 0 Å². The monoisotopic (exact) mass is 256 g/mol.